The molecule has 0 unspecified atom stereocenters. The fourth-order valence-electron chi connectivity index (χ4n) is 3.47. The molecular weight excluding hydrogens is 378 g/mol. The Morgan fingerprint density at radius 3 is 2.77 bits per heavy atom. The second-order valence-corrected chi connectivity index (χ2v) is 7.51. The Labute approximate surface area is 174 Å². The number of fused-ring (bicyclic) bond motifs is 1. The summed E-state index contributed by atoms with van der Waals surface area (Å²) in [5.41, 5.74) is 16.6. The fourth-order valence-corrected chi connectivity index (χ4v) is 3.47. The summed E-state index contributed by atoms with van der Waals surface area (Å²) in [6, 6.07) is 1.76. The summed E-state index contributed by atoms with van der Waals surface area (Å²) in [7, 11) is 0. The van der Waals surface area contributed by atoms with Crippen molar-refractivity contribution in [3.05, 3.63) is 52.7 Å². The molecule has 0 bridgehead atoms. The summed E-state index contributed by atoms with van der Waals surface area (Å²) in [6.45, 7) is 5.05. The summed E-state index contributed by atoms with van der Waals surface area (Å²) in [5.74, 6) is 6.29. The molecule has 1 saturated heterocycles. The Morgan fingerprint density at radius 1 is 1.17 bits per heavy atom. The van der Waals surface area contributed by atoms with Crippen molar-refractivity contribution in [2.75, 3.05) is 18.8 Å². The van der Waals surface area contributed by atoms with Gasteiger partial charge in [0.1, 0.15) is 16.9 Å². The van der Waals surface area contributed by atoms with Gasteiger partial charge < -0.3 is 16.4 Å². The van der Waals surface area contributed by atoms with Gasteiger partial charge in [-0.1, -0.05) is 11.8 Å². The van der Waals surface area contributed by atoms with Crippen LogP contribution in [-0.4, -0.2) is 49.9 Å². The van der Waals surface area contributed by atoms with Crippen LogP contribution in [0.4, 0.5) is 5.82 Å². The third kappa shape index (κ3) is 3.93. The summed E-state index contributed by atoms with van der Waals surface area (Å²) in [5, 5.41) is 0. The molecule has 3 aromatic rings. The van der Waals surface area contributed by atoms with E-state index in [9.17, 15) is 4.79 Å². The first-order valence-corrected chi connectivity index (χ1v) is 9.83. The number of aromatic nitrogens is 4. The van der Waals surface area contributed by atoms with Gasteiger partial charge in [-0.15, -0.1) is 0 Å². The van der Waals surface area contributed by atoms with Crippen LogP contribution in [0.1, 0.15) is 45.7 Å². The molecule has 0 spiro atoms. The zero-order valence-electron chi connectivity index (χ0n) is 17.0. The van der Waals surface area contributed by atoms with E-state index in [4.69, 9.17) is 11.5 Å². The first-order chi connectivity index (χ1) is 14.4. The molecule has 3 aromatic heterocycles. The first-order valence-electron chi connectivity index (χ1n) is 9.83. The lowest BCUT2D eigenvalue weighted by atomic mass is 10.1. The number of hydrogen-bond donors (Lipinski definition) is 2. The van der Waals surface area contributed by atoms with Crippen molar-refractivity contribution in [3.63, 3.8) is 0 Å². The van der Waals surface area contributed by atoms with Crippen molar-refractivity contribution in [2.24, 2.45) is 5.73 Å². The van der Waals surface area contributed by atoms with Crippen molar-refractivity contribution >= 4 is 22.8 Å². The number of nitrogens with zero attached hydrogens (tertiary/aromatic N) is 5. The SMILES string of the molecule is Cc1nc2cnc(N)c(C#Cc3cncc(C(=O)N4CCC[C@@H](N)C4)c3)c2nc1C. The lowest BCUT2D eigenvalue weighted by Crippen LogP contribution is -2.45. The Kier molecular flexibility index (Phi) is 5.29. The molecule has 30 heavy (non-hydrogen) atoms. The van der Waals surface area contributed by atoms with Gasteiger partial charge in [0.05, 0.1) is 28.7 Å². The number of anilines is 1. The van der Waals surface area contributed by atoms with Crippen molar-refractivity contribution in [1.29, 1.82) is 0 Å². The summed E-state index contributed by atoms with van der Waals surface area (Å²) in [4.78, 5) is 32.0. The highest BCUT2D eigenvalue weighted by molar-refractivity contribution is 5.94. The van der Waals surface area contributed by atoms with E-state index in [0.29, 0.717) is 40.8 Å². The number of amides is 1. The summed E-state index contributed by atoms with van der Waals surface area (Å²) < 4.78 is 0. The molecule has 4 heterocycles. The van der Waals surface area contributed by atoms with Crippen LogP contribution in [-0.2, 0) is 0 Å². The average molecular weight is 401 g/mol. The Morgan fingerprint density at radius 2 is 1.97 bits per heavy atom. The maximum Gasteiger partial charge on any atom is 0.255 e. The molecular formula is C22H23N7O. The lowest BCUT2D eigenvalue weighted by Gasteiger charge is -2.30. The van der Waals surface area contributed by atoms with E-state index in [1.165, 1.54) is 0 Å². The predicted octanol–water partition coefficient (Wildman–Crippen LogP) is 1.58. The van der Waals surface area contributed by atoms with Crippen LogP contribution in [0.5, 0.6) is 0 Å². The quantitative estimate of drug-likeness (QED) is 0.593. The normalized spacial score (nSPS) is 16.2. The Hall–Kier alpha value is -3.57. The van der Waals surface area contributed by atoms with Gasteiger partial charge in [0.25, 0.3) is 5.91 Å². The second kappa shape index (κ2) is 8.05. The molecule has 0 saturated carbocycles. The van der Waals surface area contributed by atoms with E-state index in [-0.39, 0.29) is 17.8 Å². The molecule has 8 nitrogen and oxygen atoms in total. The topological polar surface area (TPSA) is 124 Å². The van der Waals surface area contributed by atoms with Crippen LogP contribution >= 0.6 is 0 Å². The van der Waals surface area contributed by atoms with Gasteiger partial charge >= 0.3 is 0 Å². The highest BCUT2D eigenvalue weighted by atomic mass is 16.2. The van der Waals surface area contributed by atoms with Crippen LogP contribution < -0.4 is 11.5 Å². The maximum atomic E-state index is 12.8. The van der Waals surface area contributed by atoms with Gasteiger partial charge in [-0.25, -0.2) is 15.0 Å². The number of aryl methyl sites for hydroxylation is 2. The molecule has 4 rings (SSSR count). The first kappa shape index (κ1) is 19.7. The number of nitrogens with two attached hydrogens (primary N) is 2. The number of piperidine rings is 1. The highest BCUT2D eigenvalue weighted by Gasteiger charge is 2.22. The van der Waals surface area contributed by atoms with Gasteiger partial charge in [0, 0.05) is 37.1 Å². The van der Waals surface area contributed by atoms with E-state index < -0.39 is 0 Å². The van der Waals surface area contributed by atoms with Crippen LogP contribution in [0.25, 0.3) is 11.0 Å². The van der Waals surface area contributed by atoms with Crippen molar-refractivity contribution < 1.29 is 4.79 Å². The minimum atomic E-state index is -0.0791. The molecule has 1 fully saturated rings. The molecule has 1 aliphatic heterocycles. The maximum absolute atomic E-state index is 12.8. The van der Waals surface area contributed by atoms with Crippen molar-refractivity contribution in [3.8, 4) is 11.8 Å². The number of rotatable bonds is 1. The third-order valence-electron chi connectivity index (χ3n) is 5.21. The van der Waals surface area contributed by atoms with Gasteiger partial charge in [0.15, 0.2) is 0 Å². The van der Waals surface area contributed by atoms with E-state index in [2.05, 4.69) is 31.8 Å². The minimum absolute atomic E-state index is 0.0219. The number of nitrogen functional groups attached to an aromatic ring is 1. The number of hydrogen-bond acceptors (Lipinski definition) is 7. The molecule has 1 atom stereocenters. The van der Waals surface area contributed by atoms with Crippen LogP contribution in [0.3, 0.4) is 0 Å². The third-order valence-corrected chi connectivity index (χ3v) is 5.21. The fraction of sp³-hybridized carbons (Fsp3) is 0.318. The largest absolute Gasteiger partial charge is 0.383 e. The molecule has 1 aliphatic rings. The lowest BCUT2D eigenvalue weighted by molar-refractivity contribution is 0.0708. The molecule has 1 amide bonds. The molecule has 152 valence electrons. The van der Waals surface area contributed by atoms with E-state index in [1.54, 1.807) is 29.6 Å². The number of likely N-dealkylation sites (tertiary alicyclic amines) is 1. The van der Waals surface area contributed by atoms with Gasteiger partial charge in [-0.3, -0.25) is 9.78 Å². The van der Waals surface area contributed by atoms with E-state index in [0.717, 1.165) is 24.2 Å². The Balaban J connectivity index is 1.67. The zero-order chi connectivity index (χ0) is 21.3. The zero-order valence-corrected chi connectivity index (χ0v) is 17.0. The van der Waals surface area contributed by atoms with Gasteiger partial charge in [-0.05, 0) is 32.8 Å². The van der Waals surface area contributed by atoms with Gasteiger partial charge in [-0.2, -0.15) is 0 Å². The van der Waals surface area contributed by atoms with Crippen molar-refractivity contribution in [1.82, 2.24) is 24.8 Å². The molecule has 0 aromatic carbocycles. The molecule has 8 heteroatoms. The van der Waals surface area contributed by atoms with E-state index >= 15 is 0 Å². The van der Waals surface area contributed by atoms with Gasteiger partial charge in [0.2, 0.25) is 0 Å². The minimum Gasteiger partial charge on any atom is -0.383 e. The number of pyridine rings is 2. The van der Waals surface area contributed by atoms with Crippen LogP contribution in [0.2, 0.25) is 0 Å². The smallest absolute Gasteiger partial charge is 0.255 e. The molecule has 0 aliphatic carbocycles. The average Bonchev–Trinajstić information content (AvgIpc) is 2.74. The Bertz CT molecular complexity index is 1200. The second-order valence-electron chi connectivity index (χ2n) is 7.51. The summed E-state index contributed by atoms with van der Waals surface area (Å²) in [6.07, 6.45) is 6.61. The van der Waals surface area contributed by atoms with Crippen LogP contribution in [0, 0.1) is 25.7 Å². The van der Waals surface area contributed by atoms with Crippen LogP contribution in [0.15, 0.2) is 24.7 Å². The van der Waals surface area contributed by atoms with E-state index in [1.807, 2.05) is 13.8 Å². The highest BCUT2D eigenvalue weighted by Crippen LogP contribution is 2.20. The number of carbonyl (C=O) groups is 1. The van der Waals surface area contributed by atoms with Crippen molar-refractivity contribution in [2.45, 2.75) is 32.7 Å². The standard InChI is InChI=1S/C22H23N7O/c1-13-14(2)28-20-18(21(24)26-11-19(20)27-13)6-5-15-8-16(10-25-9-15)22(30)29-7-3-4-17(23)12-29/h8-11,17H,3-4,7,12,23H2,1-2H3,(H2,24,26)/t17-/m1/s1. The molecule has 4 N–H and O–H groups in total. The summed E-state index contributed by atoms with van der Waals surface area (Å²) >= 11 is 0. The predicted molar refractivity (Wildman–Crippen MR) is 115 cm³/mol. The molecule has 0 radical (unpaired) electrons. The monoisotopic (exact) mass is 401 g/mol. The number of carbonyl (C=O) groups excluding carboxylic acids is 1.